The Bertz CT molecular complexity index is 550. The molecule has 1 fully saturated rings. The zero-order chi connectivity index (χ0) is 14.2. The van der Waals surface area contributed by atoms with E-state index in [1.165, 1.54) is 0 Å². The average molecular weight is 334 g/mol. The molecule has 2 rings (SSSR count). The van der Waals surface area contributed by atoms with E-state index < -0.39 is 23.2 Å². The molecular formula is C12H10BrF2NO3. The van der Waals surface area contributed by atoms with Crippen LogP contribution in [0.4, 0.5) is 14.5 Å². The summed E-state index contributed by atoms with van der Waals surface area (Å²) in [5.74, 6) is -3.15. The number of nitrogens with zero attached hydrogens (tertiary/aromatic N) is 1. The van der Waals surface area contributed by atoms with E-state index in [1.807, 2.05) is 0 Å². The van der Waals surface area contributed by atoms with E-state index in [9.17, 15) is 18.4 Å². The average Bonchev–Trinajstić information content (AvgIpc) is 2.69. The Balaban J connectivity index is 2.58. The fraction of sp³-hybridized carbons (Fsp3) is 0.333. The maximum Gasteiger partial charge on any atom is 0.343 e. The molecule has 1 aromatic carbocycles. The summed E-state index contributed by atoms with van der Waals surface area (Å²) in [6.07, 6.45) is 0.163. The van der Waals surface area contributed by atoms with Gasteiger partial charge in [0.15, 0.2) is 0 Å². The quantitative estimate of drug-likeness (QED) is 0.616. The van der Waals surface area contributed by atoms with Crippen molar-refractivity contribution in [3.05, 3.63) is 29.3 Å². The van der Waals surface area contributed by atoms with E-state index in [4.69, 9.17) is 0 Å². The predicted octanol–water partition coefficient (Wildman–Crippen LogP) is 2.25. The Morgan fingerprint density at radius 3 is 2.58 bits per heavy atom. The van der Waals surface area contributed by atoms with E-state index in [0.717, 1.165) is 24.1 Å². The van der Waals surface area contributed by atoms with Gasteiger partial charge < -0.3 is 9.64 Å². The Labute approximate surface area is 116 Å². The van der Waals surface area contributed by atoms with Gasteiger partial charge in [0, 0.05) is 17.8 Å². The van der Waals surface area contributed by atoms with Gasteiger partial charge in [0.05, 0.1) is 12.8 Å². The molecule has 102 valence electrons. The zero-order valence-corrected chi connectivity index (χ0v) is 11.5. The molecule has 0 radical (unpaired) electrons. The summed E-state index contributed by atoms with van der Waals surface area (Å²) in [5, 5.41) is 0. The second-order valence-electron chi connectivity index (χ2n) is 4.05. The van der Waals surface area contributed by atoms with Gasteiger partial charge in [-0.05, 0) is 12.1 Å². The van der Waals surface area contributed by atoms with E-state index in [1.54, 1.807) is 0 Å². The highest BCUT2D eigenvalue weighted by Crippen LogP contribution is 2.32. The minimum atomic E-state index is -1.02. The molecule has 1 atom stereocenters. The number of hydrogen-bond donors (Lipinski definition) is 0. The molecule has 0 aromatic heterocycles. The number of carbonyl (C=O) groups is 2. The highest BCUT2D eigenvalue weighted by Gasteiger charge is 2.35. The van der Waals surface area contributed by atoms with Crippen LogP contribution in [-0.4, -0.2) is 30.4 Å². The summed E-state index contributed by atoms with van der Waals surface area (Å²) in [5.41, 5.74) is -0.920. The summed E-state index contributed by atoms with van der Waals surface area (Å²) in [7, 11) is 1.07. The topological polar surface area (TPSA) is 46.6 Å². The van der Waals surface area contributed by atoms with Crippen molar-refractivity contribution in [1.82, 2.24) is 0 Å². The number of esters is 1. The number of anilines is 1. The first-order valence-electron chi connectivity index (χ1n) is 5.46. The van der Waals surface area contributed by atoms with Gasteiger partial charge in [0.2, 0.25) is 5.91 Å². The van der Waals surface area contributed by atoms with Gasteiger partial charge >= 0.3 is 5.97 Å². The van der Waals surface area contributed by atoms with Crippen molar-refractivity contribution >= 4 is 33.5 Å². The molecule has 1 unspecified atom stereocenters. The maximum absolute atomic E-state index is 13.9. The lowest BCUT2D eigenvalue weighted by atomic mass is 10.1. The van der Waals surface area contributed by atoms with Crippen LogP contribution in [0.25, 0.3) is 0 Å². The van der Waals surface area contributed by atoms with E-state index in [0.29, 0.717) is 0 Å². The highest BCUT2D eigenvalue weighted by molar-refractivity contribution is 9.09. The van der Waals surface area contributed by atoms with E-state index in [-0.39, 0.29) is 29.4 Å². The molecular weight excluding hydrogens is 324 g/mol. The number of halogens is 3. The highest BCUT2D eigenvalue weighted by atomic mass is 79.9. The molecule has 1 aliphatic rings. The second-order valence-corrected chi connectivity index (χ2v) is 5.35. The first-order chi connectivity index (χ1) is 8.95. The standard InChI is InChI=1S/C12H10BrF2NO3/c1-19-12(18)10-7(14)2-3-8(15)11(10)16-5-6(13)4-9(16)17/h2-3,6H,4-5H2,1H3. The predicted molar refractivity (Wildman–Crippen MR) is 67.4 cm³/mol. The number of ether oxygens (including phenoxy) is 1. The molecule has 1 aromatic rings. The third kappa shape index (κ3) is 2.47. The van der Waals surface area contributed by atoms with Crippen LogP contribution in [0.2, 0.25) is 0 Å². The number of alkyl halides is 1. The normalized spacial score (nSPS) is 18.8. The second kappa shape index (κ2) is 5.24. The van der Waals surface area contributed by atoms with Crippen molar-refractivity contribution in [1.29, 1.82) is 0 Å². The van der Waals surface area contributed by atoms with Crippen LogP contribution in [-0.2, 0) is 9.53 Å². The van der Waals surface area contributed by atoms with E-state index in [2.05, 4.69) is 20.7 Å². The number of hydrogen-bond acceptors (Lipinski definition) is 3. The lowest BCUT2D eigenvalue weighted by molar-refractivity contribution is -0.117. The fourth-order valence-electron chi connectivity index (χ4n) is 1.98. The summed E-state index contributed by atoms with van der Waals surface area (Å²) in [6, 6.07) is 1.71. The third-order valence-electron chi connectivity index (χ3n) is 2.82. The fourth-order valence-corrected chi connectivity index (χ4v) is 2.55. The molecule has 0 bridgehead atoms. The smallest absolute Gasteiger partial charge is 0.343 e. The molecule has 7 heteroatoms. The molecule has 0 N–H and O–H groups in total. The van der Waals surface area contributed by atoms with Crippen LogP contribution in [0, 0.1) is 11.6 Å². The first-order valence-corrected chi connectivity index (χ1v) is 6.38. The summed E-state index contributed by atoms with van der Waals surface area (Å²) in [6.45, 7) is 0.170. The number of carbonyl (C=O) groups excluding carboxylic acids is 2. The van der Waals surface area contributed by atoms with E-state index >= 15 is 0 Å². The number of rotatable bonds is 2. The third-order valence-corrected chi connectivity index (χ3v) is 3.43. The van der Waals surface area contributed by atoms with Crippen molar-refractivity contribution in [2.45, 2.75) is 11.2 Å². The maximum atomic E-state index is 13.9. The summed E-state index contributed by atoms with van der Waals surface area (Å²) >= 11 is 3.24. The van der Waals surface area contributed by atoms with Crippen molar-refractivity contribution in [3.63, 3.8) is 0 Å². The van der Waals surface area contributed by atoms with Crippen molar-refractivity contribution in [3.8, 4) is 0 Å². The molecule has 19 heavy (non-hydrogen) atoms. The largest absolute Gasteiger partial charge is 0.465 e. The minimum Gasteiger partial charge on any atom is -0.465 e. The van der Waals surface area contributed by atoms with Crippen LogP contribution in [0.3, 0.4) is 0 Å². The Hall–Kier alpha value is -1.50. The van der Waals surface area contributed by atoms with Crippen LogP contribution in [0.1, 0.15) is 16.8 Å². The number of methoxy groups -OCH3 is 1. The van der Waals surface area contributed by atoms with Gasteiger partial charge in [-0.15, -0.1) is 0 Å². The lowest BCUT2D eigenvalue weighted by Gasteiger charge is -2.20. The molecule has 1 heterocycles. The Morgan fingerprint density at radius 1 is 1.42 bits per heavy atom. The van der Waals surface area contributed by atoms with Crippen molar-refractivity contribution in [2.75, 3.05) is 18.6 Å². The minimum absolute atomic E-state index is 0.159. The van der Waals surface area contributed by atoms with Crippen molar-refractivity contribution in [2.24, 2.45) is 0 Å². The molecule has 0 aliphatic carbocycles. The molecule has 0 spiro atoms. The number of benzene rings is 1. The SMILES string of the molecule is COC(=O)c1c(F)ccc(F)c1N1CC(Br)CC1=O. The van der Waals surface area contributed by atoms with Crippen molar-refractivity contribution < 1.29 is 23.1 Å². The van der Waals surface area contributed by atoms with Crippen LogP contribution in [0.15, 0.2) is 12.1 Å². The summed E-state index contributed by atoms with van der Waals surface area (Å²) in [4.78, 5) is 24.2. The van der Waals surface area contributed by atoms with Gasteiger partial charge in [0.25, 0.3) is 0 Å². The lowest BCUT2D eigenvalue weighted by Crippen LogP contribution is -2.28. The molecule has 1 saturated heterocycles. The van der Waals surface area contributed by atoms with Gasteiger partial charge in [-0.3, -0.25) is 4.79 Å². The monoisotopic (exact) mass is 333 g/mol. The Kier molecular flexibility index (Phi) is 3.84. The summed E-state index contributed by atoms with van der Waals surface area (Å²) < 4.78 is 32.1. The molecule has 1 amide bonds. The molecule has 0 saturated carbocycles. The van der Waals surface area contributed by atoms with Crippen LogP contribution in [0.5, 0.6) is 0 Å². The Morgan fingerprint density at radius 2 is 2.05 bits per heavy atom. The molecule has 4 nitrogen and oxygen atoms in total. The number of amides is 1. The first kappa shape index (κ1) is 13.9. The van der Waals surface area contributed by atoms with Gasteiger partial charge in [-0.1, -0.05) is 15.9 Å². The van der Waals surface area contributed by atoms with Gasteiger partial charge in [-0.2, -0.15) is 0 Å². The molecule has 1 aliphatic heterocycles. The van der Waals surface area contributed by atoms with Crippen LogP contribution < -0.4 is 4.90 Å². The van der Waals surface area contributed by atoms with Gasteiger partial charge in [0.1, 0.15) is 17.2 Å². The van der Waals surface area contributed by atoms with Crippen LogP contribution >= 0.6 is 15.9 Å². The zero-order valence-electron chi connectivity index (χ0n) is 9.95. The van der Waals surface area contributed by atoms with Gasteiger partial charge in [-0.25, -0.2) is 13.6 Å².